The van der Waals surface area contributed by atoms with Crippen molar-refractivity contribution in [3.63, 3.8) is 0 Å². The molecule has 0 spiro atoms. The number of aliphatic hydroxyl groups excluding tert-OH is 1. The molecule has 4 nitrogen and oxygen atoms in total. The van der Waals surface area contributed by atoms with Gasteiger partial charge in [0.25, 0.3) is 0 Å². The molecule has 2 heterocycles. The van der Waals surface area contributed by atoms with E-state index in [1.165, 1.54) is 6.07 Å². The van der Waals surface area contributed by atoms with E-state index in [4.69, 9.17) is 5.73 Å². The van der Waals surface area contributed by atoms with Crippen molar-refractivity contribution in [3.05, 3.63) is 21.4 Å². The Morgan fingerprint density at radius 1 is 1.46 bits per heavy atom. The molecule has 4 unspecified atom stereocenters. The van der Waals surface area contributed by atoms with Crippen LogP contribution in [0.4, 0.5) is 13.2 Å². The predicted molar refractivity (Wildman–Crippen MR) is 90.4 cm³/mol. The van der Waals surface area contributed by atoms with Gasteiger partial charge in [0.2, 0.25) is 0 Å². The van der Waals surface area contributed by atoms with Crippen LogP contribution in [0.15, 0.2) is 6.07 Å². The van der Waals surface area contributed by atoms with Gasteiger partial charge in [0, 0.05) is 36.2 Å². The molecule has 0 amide bonds. The first-order chi connectivity index (χ1) is 11.3. The van der Waals surface area contributed by atoms with Crippen LogP contribution in [-0.4, -0.2) is 43.4 Å². The van der Waals surface area contributed by atoms with Crippen molar-refractivity contribution in [2.45, 2.75) is 56.4 Å². The third kappa shape index (κ3) is 4.70. The van der Waals surface area contributed by atoms with Crippen LogP contribution < -0.4 is 16.4 Å². The molecule has 0 radical (unpaired) electrons. The van der Waals surface area contributed by atoms with Gasteiger partial charge < -0.3 is 21.5 Å². The van der Waals surface area contributed by atoms with E-state index in [0.29, 0.717) is 18.5 Å². The summed E-state index contributed by atoms with van der Waals surface area (Å²) in [4.78, 5) is 0.176. The fourth-order valence-corrected chi connectivity index (χ4v) is 4.67. The highest BCUT2D eigenvalue weighted by molar-refractivity contribution is 7.12. The first-order valence-electron chi connectivity index (χ1n) is 8.23. The number of rotatable bonds is 6. The molecule has 1 aliphatic heterocycles. The number of piperidine rings is 1. The summed E-state index contributed by atoms with van der Waals surface area (Å²) < 4.78 is 39.2. The average molecular weight is 365 g/mol. The molecule has 24 heavy (non-hydrogen) atoms. The molecule has 8 heteroatoms. The summed E-state index contributed by atoms with van der Waals surface area (Å²) in [6, 6.07) is 1.36. The zero-order valence-electron chi connectivity index (χ0n) is 14.0. The first kappa shape index (κ1) is 19.7. The van der Waals surface area contributed by atoms with Crippen molar-refractivity contribution in [1.29, 1.82) is 0 Å². The van der Waals surface area contributed by atoms with E-state index in [0.717, 1.165) is 22.6 Å². The van der Waals surface area contributed by atoms with Gasteiger partial charge in [0.05, 0.1) is 0 Å². The fraction of sp³-hybridized carbons (Fsp3) is 0.750. The Labute approximate surface area is 144 Å². The predicted octanol–water partition coefficient (Wildman–Crippen LogP) is 2.07. The average Bonchev–Trinajstić information content (AvgIpc) is 2.91. The number of hydrogen-bond acceptors (Lipinski definition) is 5. The van der Waals surface area contributed by atoms with Gasteiger partial charge in [-0.3, -0.25) is 0 Å². The Balaban J connectivity index is 2.26. The summed E-state index contributed by atoms with van der Waals surface area (Å²) in [5, 5.41) is 15.7. The van der Waals surface area contributed by atoms with Crippen molar-refractivity contribution in [1.82, 2.24) is 10.6 Å². The maximum Gasteiger partial charge on any atom is 0.425 e. The Hall–Kier alpha value is -0.670. The smallest absolute Gasteiger partial charge is 0.396 e. The van der Waals surface area contributed by atoms with Crippen LogP contribution in [0.25, 0.3) is 0 Å². The lowest BCUT2D eigenvalue weighted by molar-refractivity contribution is -0.134. The minimum absolute atomic E-state index is 0.0387. The molecular formula is C16H26F3N3OS. The fourth-order valence-electron chi connectivity index (χ4n) is 3.47. The molecule has 1 aliphatic rings. The molecule has 4 atom stereocenters. The minimum Gasteiger partial charge on any atom is -0.396 e. The second kappa shape index (κ2) is 8.14. The molecule has 2 rings (SSSR count). The molecule has 0 aromatic carbocycles. The molecule has 0 bridgehead atoms. The van der Waals surface area contributed by atoms with Gasteiger partial charge in [0.15, 0.2) is 0 Å². The second-order valence-electron chi connectivity index (χ2n) is 6.54. The molecule has 1 aromatic rings. The Kier molecular flexibility index (Phi) is 6.66. The molecule has 138 valence electrons. The topological polar surface area (TPSA) is 70.3 Å². The van der Waals surface area contributed by atoms with E-state index in [2.05, 4.69) is 10.6 Å². The second-order valence-corrected chi connectivity index (χ2v) is 7.62. The van der Waals surface area contributed by atoms with Gasteiger partial charge in [-0.2, -0.15) is 13.2 Å². The highest BCUT2D eigenvalue weighted by Gasteiger charge is 2.37. The number of aliphatic hydroxyl groups is 1. The summed E-state index contributed by atoms with van der Waals surface area (Å²) in [6.45, 7) is 2.54. The van der Waals surface area contributed by atoms with E-state index in [1.807, 2.05) is 14.0 Å². The van der Waals surface area contributed by atoms with Crippen molar-refractivity contribution >= 4 is 11.3 Å². The summed E-state index contributed by atoms with van der Waals surface area (Å²) >= 11 is 0.822. The summed E-state index contributed by atoms with van der Waals surface area (Å²) in [6.07, 6.45) is -2.59. The Morgan fingerprint density at radius 3 is 2.75 bits per heavy atom. The quantitative estimate of drug-likeness (QED) is 0.623. The highest BCUT2D eigenvalue weighted by atomic mass is 32.1. The number of nitrogens with two attached hydrogens (primary N) is 1. The van der Waals surface area contributed by atoms with Crippen LogP contribution >= 0.6 is 11.3 Å². The SMILES string of the molecule is CNCC(N)C1CC(c2sc(C(F)(F)F)cc2CCO)CC(C)N1. The molecule has 0 saturated carbocycles. The molecule has 1 fully saturated rings. The minimum atomic E-state index is -4.34. The number of alkyl halides is 3. The Morgan fingerprint density at radius 2 is 2.17 bits per heavy atom. The van der Waals surface area contributed by atoms with Crippen LogP contribution in [0.5, 0.6) is 0 Å². The van der Waals surface area contributed by atoms with E-state index < -0.39 is 11.1 Å². The van der Waals surface area contributed by atoms with E-state index in [-0.39, 0.29) is 37.1 Å². The zero-order valence-corrected chi connectivity index (χ0v) is 14.8. The van der Waals surface area contributed by atoms with Gasteiger partial charge in [-0.15, -0.1) is 11.3 Å². The largest absolute Gasteiger partial charge is 0.425 e. The normalized spacial score (nSPS) is 26.5. The summed E-state index contributed by atoms with van der Waals surface area (Å²) in [5.41, 5.74) is 6.81. The number of hydrogen-bond donors (Lipinski definition) is 4. The van der Waals surface area contributed by atoms with E-state index in [1.54, 1.807) is 0 Å². The van der Waals surface area contributed by atoms with Crippen LogP contribution in [-0.2, 0) is 12.6 Å². The van der Waals surface area contributed by atoms with Crippen LogP contribution in [0.2, 0.25) is 0 Å². The molecule has 0 aliphatic carbocycles. The maximum absolute atomic E-state index is 13.1. The number of nitrogens with one attached hydrogen (secondary N) is 2. The summed E-state index contributed by atoms with van der Waals surface area (Å²) in [7, 11) is 1.83. The van der Waals surface area contributed by atoms with Crippen LogP contribution in [0, 0.1) is 0 Å². The Bertz CT molecular complexity index is 535. The van der Waals surface area contributed by atoms with Gasteiger partial charge in [0.1, 0.15) is 4.88 Å². The summed E-state index contributed by atoms with van der Waals surface area (Å²) in [5.74, 6) is 0.0387. The number of thiophene rings is 1. The lowest BCUT2D eigenvalue weighted by Crippen LogP contribution is -2.55. The third-order valence-corrected chi connectivity index (χ3v) is 5.89. The molecule has 1 saturated heterocycles. The standard InChI is InChI=1S/C16H26F3N3OS/c1-9-5-11(6-13(22-9)12(20)8-21-2)15-10(3-4-23)7-14(24-15)16(17,18)19/h7,9,11-13,21-23H,3-6,8,20H2,1-2H3. The highest BCUT2D eigenvalue weighted by Crippen LogP contribution is 2.43. The number of likely N-dealkylation sites (N-methyl/N-ethyl adjacent to an activating group) is 1. The third-order valence-electron chi connectivity index (χ3n) is 4.50. The number of halogens is 3. The lowest BCUT2D eigenvalue weighted by atomic mass is 9.83. The molecule has 1 aromatic heterocycles. The van der Waals surface area contributed by atoms with Gasteiger partial charge in [-0.1, -0.05) is 0 Å². The van der Waals surface area contributed by atoms with Crippen LogP contribution in [0.1, 0.15) is 41.0 Å². The monoisotopic (exact) mass is 365 g/mol. The maximum atomic E-state index is 13.1. The first-order valence-corrected chi connectivity index (χ1v) is 9.04. The zero-order chi connectivity index (χ0) is 17.9. The van der Waals surface area contributed by atoms with E-state index in [9.17, 15) is 18.3 Å². The molecular weight excluding hydrogens is 339 g/mol. The van der Waals surface area contributed by atoms with Crippen LogP contribution in [0.3, 0.4) is 0 Å². The molecule has 5 N–H and O–H groups in total. The van der Waals surface area contributed by atoms with Crippen molar-refractivity contribution in [2.24, 2.45) is 5.73 Å². The lowest BCUT2D eigenvalue weighted by Gasteiger charge is -2.38. The van der Waals surface area contributed by atoms with Gasteiger partial charge in [-0.05, 0) is 50.8 Å². The van der Waals surface area contributed by atoms with Crippen molar-refractivity contribution in [2.75, 3.05) is 20.2 Å². The van der Waals surface area contributed by atoms with E-state index >= 15 is 0 Å². The van der Waals surface area contributed by atoms with Gasteiger partial charge >= 0.3 is 6.18 Å². The van der Waals surface area contributed by atoms with Crippen molar-refractivity contribution in [3.8, 4) is 0 Å². The van der Waals surface area contributed by atoms with Crippen molar-refractivity contribution < 1.29 is 18.3 Å². The van der Waals surface area contributed by atoms with Gasteiger partial charge in [-0.25, -0.2) is 0 Å².